The third-order valence-electron chi connectivity index (χ3n) is 3.05. The minimum Gasteiger partial charge on any atom is -0.377 e. The van der Waals surface area contributed by atoms with Crippen molar-refractivity contribution in [1.82, 2.24) is 0 Å². The van der Waals surface area contributed by atoms with Crippen LogP contribution in [0.1, 0.15) is 29.7 Å². The standard InChI is InChI=1S/C16H17BrClN/c1-10-6-11(2)8-13(7-10)12(3)19-16-5-4-14(17)9-15(16)18/h4-9,12,19H,1-3H3. The van der Waals surface area contributed by atoms with Gasteiger partial charge in [0.2, 0.25) is 0 Å². The summed E-state index contributed by atoms with van der Waals surface area (Å²) in [4.78, 5) is 0. The second-order valence-corrected chi connectivity index (χ2v) is 6.23. The lowest BCUT2D eigenvalue weighted by Crippen LogP contribution is -2.07. The molecule has 0 saturated carbocycles. The summed E-state index contributed by atoms with van der Waals surface area (Å²) in [5, 5.41) is 4.18. The Bertz CT molecular complexity index is 575. The molecule has 0 saturated heterocycles. The van der Waals surface area contributed by atoms with Crippen LogP contribution in [0.15, 0.2) is 40.9 Å². The number of rotatable bonds is 3. The molecule has 1 unspecified atom stereocenters. The highest BCUT2D eigenvalue weighted by molar-refractivity contribution is 9.10. The summed E-state index contributed by atoms with van der Waals surface area (Å²) in [5.74, 6) is 0. The lowest BCUT2D eigenvalue weighted by atomic mass is 10.0. The minimum atomic E-state index is 0.220. The van der Waals surface area contributed by atoms with Crippen molar-refractivity contribution in [3.63, 3.8) is 0 Å². The average molecular weight is 339 g/mol. The Morgan fingerprint density at radius 1 is 1.05 bits per heavy atom. The van der Waals surface area contributed by atoms with Gasteiger partial charge >= 0.3 is 0 Å². The smallest absolute Gasteiger partial charge is 0.0648 e. The van der Waals surface area contributed by atoms with E-state index < -0.39 is 0 Å². The minimum absolute atomic E-state index is 0.220. The predicted molar refractivity (Wildman–Crippen MR) is 87.1 cm³/mol. The van der Waals surface area contributed by atoms with E-state index >= 15 is 0 Å². The zero-order valence-corrected chi connectivity index (χ0v) is 13.6. The van der Waals surface area contributed by atoms with Crippen LogP contribution in [0, 0.1) is 13.8 Å². The van der Waals surface area contributed by atoms with Crippen molar-refractivity contribution in [2.75, 3.05) is 5.32 Å². The maximum atomic E-state index is 6.23. The maximum absolute atomic E-state index is 6.23. The maximum Gasteiger partial charge on any atom is 0.0648 e. The van der Waals surface area contributed by atoms with Crippen LogP contribution < -0.4 is 5.32 Å². The summed E-state index contributed by atoms with van der Waals surface area (Å²) < 4.78 is 0.988. The van der Waals surface area contributed by atoms with Gasteiger partial charge in [0.05, 0.1) is 10.7 Å². The lowest BCUT2D eigenvalue weighted by Gasteiger charge is -2.18. The molecular weight excluding hydrogens is 322 g/mol. The highest BCUT2D eigenvalue weighted by Crippen LogP contribution is 2.29. The molecule has 1 N–H and O–H groups in total. The molecule has 3 heteroatoms. The first-order chi connectivity index (χ1) is 8.95. The van der Waals surface area contributed by atoms with Gasteiger partial charge in [0.15, 0.2) is 0 Å². The molecule has 0 radical (unpaired) electrons. The highest BCUT2D eigenvalue weighted by Gasteiger charge is 2.08. The van der Waals surface area contributed by atoms with Gasteiger partial charge in [0.1, 0.15) is 0 Å². The van der Waals surface area contributed by atoms with Gasteiger partial charge in [-0.15, -0.1) is 0 Å². The van der Waals surface area contributed by atoms with Crippen molar-refractivity contribution in [2.24, 2.45) is 0 Å². The molecule has 0 spiro atoms. The Balaban J connectivity index is 2.22. The number of anilines is 1. The van der Waals surface area contributed by atoms with Gasteiger partial charge in [-0.2, -0.15) is 0 Å². The van der Waals surface area contributed by atoms with Gasteiger partial charge in [0.25, 0.3) is 0 Å². The fourth-order valence-corrected chi connectivity index (χ4v) is 2.91. The normalized spacial score (nSPS) is 12.3. The van der Waals surface area contributed by atoms with Crippen LogP contribution in [0.3, 0.4) is 0 Å². The molecule has 1 nitrogen and oxygen atoms in total. The average Bonchev–Trinajstić information content (AvgIpc) is 2.31. The summed E-state index contributed by atoms with van der Waals surface area (Å²) in [5.41, 5.74) is 4.80. The number of halogens is 2. The van der Waals surface area contributed by atoms with Crippen LogP contribution in [0.4, 0.5) is 5.69 Å². The first kappa shape index (κ1) is 14.4. The molecule has 0 bridgehead atoms. The Kier molecular flexibility index (Phi) is 4.54. The molecule has 1 atom stereocenters. The van der Waals surface area contributed by atoms with Crippen LogP contribution >= 0.6 is 27.5 Å². The molecule has 2 rings (SSSR count). The van der Waals surface area contributed by atoms with Crippen molar-refractivity contribution in [1.29, 1.82) is 0 Å². The summed E-state index contributed by atoms with van der Waals surface area (Å²) in [6.07, 6.45) is 0. The van der Waals surface area contributed by atoms with E-state index in [4.69, 9.17) is 11.6 Å². The Labute approximate surface area is 128 Å². The van der Waals surface area contributed by atoms with Crippen molar-refractivity contribution in [2.45, 2.75) is 26.8 Å². The van der Waals surface area contributed by atoms with Crippen LogP contribution in [-0.2, 0) is 0 Å². The molecule has 19 heavy (non-hydrogen) atoms. The van der Waals surface area contributed by atoms with Gasteiger partial charge in [-0.1, -0.05) is 56.9 Å². The topological polar surface area (TPSA) is 12.0 Å². The molecule has 0 aliphatic rings. The van der Waals surface area contributed by atoms with Gasteiger partial charge in [0, 0.05) is 10.5 Å². The number of benzene rings is 2. The Morgan fingerprint density at radius 2 is 1.68 bits per heavy atom. The van der Waals surface area contributed by atoms with Crippen LogP contribution in [0.5, 0.6) is 0 Å². The van der Waals surface area contributed by atoms with E-state index in [0.717, 1.165) is 15.2 Å². The van der Waals surface area contributed by atoms with Crippen LogP contribution in [0.2, 0.25) is 5.02 Å². The van der Waals surface area contributed by atoms with Crippen LogP contribution in [0.25, 0.3) is 0 Å². The zero-order chi connectivity index (χ0) is 14.0. The fraction of sp³-hybridized carbons (Fsp3) is 0.250. The molecule has 100 valence electrons. The highest BCUT2D eigenvalue weighted by atomic mass is 79.9. The molecule has 0 fully saturated rings. The first-order valence-corrected chi connectivity index (χ1v) is 7.42. The number of hydrogen-bond acceptors (Lipinski definition) is 1. The summed E-state index contributed by atoms with van der Waals surface area (Å²) >= 11 is 9.65. The second-order valence-electron chi connectivity index (χ2n) is 4.91. The van der Waals surface area contributed by atoms with E-state index in [2.05, 4.69) is 60.2 Å². The van der Waals surface area contributed by atoms with E-state index in [1.54, 1.807) is 0 Å². The Morgan fingerprint density at radius 3 is 2.26 bits per heavy atom. The van der Waals surface area contributed by atoms with Gasteiger partial charge < -0.3 is 5.32 Å². The largest absolute Gasteiger partial charge is 0.377 e. The monoisotopic (exact) mass is 337 g/mol. The molecule has 2 aromatic carbocycles. The lowest BCUT2D eigenvalue weighted by molar-refractivity contribution is 0.881. The van der Waals surface area contributed by atoms with E-state index in [9.17, 15) is 0 Å². The van der Waals surface area contributed by atoms with Crippen molar-refractivity contribution < 1.29 is 0 Å². The number of aryl methyl sites for hydroxylation is 2. The first-order valence-electron chi connectivity index (χ1n) is 6.25. The van der Waals surface area contributed by atoms with E-state index in [1.807, 2.05) is 18.2 Å². The van der Waals surface area contributed by atoms with E-state index in [0.29, 0.717) is 0 Å². The van der Waals surface area contributed by atoms with Crippen molar-refractivity contribution in [3.05, 3.63) is 62.6 Å². The quantitative estimate of drug-likeness (QED) is 0.735. The second kappa shape index (κ2) is 5.98. The number of hydrogen-bond donors (Lipinski definition) is 1. The van der Waals surface area contributed by atoms with Crippen molar-refractivity contribution in [3.8, 4) is 0 Å². The molecule has 0 aromatic heterocycles. The third kappa shape index (κ3) is 3.74. The molecule has 2 aromatic rings. The summed E-state index contributed by atoms with van der Waals surface area (Å²) in [6, 6.07) is 12.7. The molecular formula is C16H17BrClN. The molecule has 0 aliphatic heterocycles. The Hall–Kier alpha value is -0.990. The SMILES string of the molecule is Cc1cc(C)cc(C(C)Nc2ccc(Br)cc2Cl)c1. The predicted octanol–water partition coefficient (Wildman–Crippen LogP) is 5.89. The van der Waals surface area contributed by atoms with Gasteiger partial charge in [-0.3, -0.25) is 0 Å². The van der Waals surface area contributed by atoms with E-state index in [1.165, 1.54) is 16.7 Å². The number of nitrogens with one attached hydrogen (secondary N) is 1. The van der Waals surface area contributed by atoms with Crippen molar-refractivity contribution >= 4 is 33.2 Å². The third-order valence-corrected chi connectivity index (χ3v) is 3.85. The fourth-order valence-electron chi connectivity index (χ4n) is 2.18. The zero-order valence-electron chi connectivity index (χ0n) is 11.3. The van der Waals surface area contributed by atoms with Gasteiger partial charge in [-0.05, 0) is 44.5 Å². The van der Waals surface area contributed by atoms with Crippen LogP contribution in [-0.4, -0.2) is 0 Å². The summed E-state index contributed by atoms with van der Waals surface area (Å²) in [7, 11) is 0. The van der Waals surface area contributed by atoms with Gasteiger partial charge in [-0.25, -0.2) is 0 Å². The summed E-state index contributed by atoms with van der Waals surface area (Å²) in [6.45, 7) is 6.39. The molecule has 0 amide bonds. The molecule has 0 heterocycles. The van der Waals surface area contributed by atoms with E-state index in [-0.39, 0.29) is 6.04 Å². The molecule has 0 aliphatic carbocycles.